The van der Waals surface area contributed by atoms with E-state index in [1.165, 1.54) is 0 Å². The number of carbonyl (C=O) groups excluding carboxylic acids is 2. The first-order chi connectivity index (χ1) is 7.17. The standard InChI is InChI=1S/C8H10O8.Na.3H2O.H/c1-4(9)16-6(12)3-8(15,7(13)14)2-5(10)11;;;;;/h15H,2-3H2,1H3,(H,10,11)(H,13,14);;3*1H2;/q;+1;;;;-1. The maximum Gasteiger partial charge on any atom is 1.00 e. The van der Waals surface area contributed by atoms with Crippen LogP contribution in [0.15, 0.2) is 0 Å². The molecule has 0 aromatic heterocycles. The fourth-order valence-electron chi connectivity index (χ4n) is 0.899. The first kappa shape index (κ1) is 31.4. The maximum atomic E-state index is 10.9. The van der Waals surface area contributed by atoms with E-state index in [-0.39, 0.29) is 47.4 Å². The van der Waals surface area contributed by atoms with Crippen molar-refractivity contribution in [1.29, 1.82) is 0 Å². The van der Waals surface area contributed by atoms with Crippen molar-refractivity contribution in [2.45, 2.75) is 25.4 Å². The maximum absolute atomic E-state index is 10.9. The number of aliphatic hydroxyl groups is 1. The van der Waals surface area contributed by atoms with Crippen LogP contribution in [0.1, 0.15) is 21.2 Å². The minimum atomic E-state index is -2.78. The van der Waals surface area contributed by atoms with E-state index >= 15 is 0 Å². The van der Waals surface area contributed by atoms with Gasteiger partial charge in [-0.1, -0.05) is 0 Å². The fourth-order valence-corrected chi connectivity index (χ4v) is 0.899. The van der Waals surface area contributed by atoms with Gasteiger partial charge in [-0.15, -0.1) is 0 Å². The van der Waals surface area contributed by atoms with Gasteiger partial charge in [-0.2, -0.15) is 0 Å². The van der Waals surface area contributed by atoms with Crippen molar-refractivity contribution >= 4 is 23.9 Å². The third-order valence-corrected chi connectivity index (χ3v) is 1.54. The van der Waals surface area contributed by atoms with Crippen LogP contribution in [0.5, 0.6) is 0 Å². The molecule has 116 valence electrons. The van der Waals surface area contributed by atoms with Gasteiger partial charge in [-0.3, -0.25) is 14.4 Å². The van der Waals surface area contributed by atoms with Crippen LogP contribution >= 0.6 is 0 Å². The van der Waals surface area contributed by atoms with Gasteiger partial charge in [-0.25, -0.2) is 4.79 Å². The number of esters is 2. The topological polar surface area (TPSA) is 233 Å². The molecule has 0 aliphatic heterocycles. The second kappa shape index (κ2) is 12.9. The SMILES string of the molecule is CC(=O)OC(=O)CC(O)(CC(=O)O)C(=O)O.O.O.O.[H-].[Na+]. The molecule has 0 spiro atoms. The van der Waals surface area contributed by atoms with Crippen molar-refractivity contribution in [2.24, 2.45) is 0 Å². The first-order valence-electron chi connectivity index (χ1n) is 4.06. The Morgan fingerprint density at radius 3 is 1.70 bits per heavy atom. The summed E-state index contributed by atoms with van der Waals surface area (Å²) in [5.41, 5.74) is -2.78. The zero-order valence-corrected chi connectivity index (χ0v) is 12.8. The Labute approximate surface area is 136 Å². The Hall–Kier alpha value is -1.08. The molecule has 0 aliphatic rings. The van der Waals surface area contributed by atoms with Crippen LogP contribution in [0.2, 0.25) is 0 Å². The van der Waals surface area contributed by atoms with E-state index in [4.69, 9.17) is 10.2 Å². The first-order valence-corrected chi connectivity index (χ1v) is 4.06. The van der Waals surface area contributed by atoms with Gasteiger partial charge in [0.2, 0.25) is 0 Å². The summed E-state index contributed by atoms with van der Waals surface area (Å²) in [6.07, 6.45) is -2.29. The Morgan fingerprint density at radius 2 is 1.45 bits per heavy atom. The van der Waals surface area contributed by atoms with Crippen LogP contribution < -0.4 is 29.6 Å². The van der Waals surface area contributed by atoms with Crippen molar-refractivity contribution in [3.63, 3.8) is 0 Å². The third kappa shape index (κ3) is 12.0. The molecule has 0 radical (unpaired) electrons. The summed E-state index contributed by atoms with van der Waals surface area (Å²) < 4.78 is 3.98. The molecule has 0 bridgehead atoms. The number of hydrogen-bond donors (Lipinski definition) is 3. The van der Waals surface area contributed by atoms with Gasteiger partial charge in [0.15, 0.2) is 5.60 Å². The second-order valence-electron chi connectivity index (χ2n) is 3.05. The summed E-state index contributed by atoms with van der Waals surface area (Å²) in [4.78, 5) is 42.1. The summed E-state index contributed by atoms with van der Waals surface area (Å²) >= 11 is 0. The fraction of sp³-hybridized carbons (Fsp3) is 0.500. The predicted octanol–water partition coefficient (Wildman–Crippen LogP) is -6.60. The zero-order valence-electron chi connectivity index (χ0n) is 11.8. The van der Waals surface area contributed by atoms with Crippen molar-refractivity contribution < 1.29 is 86.6 Å². The molecule has 0 rings (SSSR count). The molecule has 9 N–H and O–H groups in total. The predicted molar refractivity (Wildman–Crippen MR) is 58.2 cm³/mol. The van der Waals surface area contributed by atoms with Gasteiger partial charge in [0.25, 0.3) is 0 Å². The average molecular weight is 312 g/mol. The summed E-state index contributed by atoms with van der Waals surface area (Å²) in [6, 6.07) is 0. The van der Waals surface area contributed by atoms with E-state index in [1.54, 1.807) is 0 Å². The average Bonchev–Trinajstić information content (AvgIpc) is 1.98. The van der Waals surface area contributed by atoms with E-state index in [1.807, 2.05) is 0 Å². The molecular formula is C8H17NaO11. The molecule has 12 heteroatoms. The van der Waals surface area contributed by atoms with E-state index in [0.29, 0.717) is 0 Å². The zero-order chi connectivity index (χ0) is 12.9. The number of aliphatic carboxylic acids is 2. The Bertz CT molecular complexity index is 347. The second-order valence-corrected chi connectivity index (χ2v) is 3.05. The Kier molecular flexibility index (Phi) is 20.3. The van der Waals surface area contributed by atoms with Gasteiger partial charge in [-0.05, 0) is 0 Å². The molecule has 0 amide bonds. The van der Waals surface area contributed by atoms with Gasteiger partial charge in [0, 0.05) is 6.92 Å². The van der Waals surface area contributed by atoms with Crippen LogP contribution in [0.3, 0.4) is 0 Å². The number of hydrogen-bond acceptors (Lipinski definition) is 6. The molecule has 0 saturated carbocycles. The largest absolute Gasteiger partial charge is 1.00 e. The number of rotatable bonds is 5. The molecule has 0 aromatic rings. The van der Waals surface area contributed by atoms with Gasteiger partial charge >= 0.3 is 53.4 Å². The molecule has 11 nitrogen and oxygen atoms in total. The van der Waals surface area contributed by atoms with Crippen LogP contribution in [0, 0.1) is 0 Å². The number of ether oxygens (including phenoxy) is 1. The van der Waals surface area contributed by atoms with E-state index < -0.39 is 42.3 Å². The molecule has 1 unspecified atom stereocenters. The van der Waals surface area contributed by atoms with Crippen molar-refractivity contribution in [2.75, 3.05) is 0 Å². The van der Waals surface area contributed by atoms with Gasteiger partial charge < -0.3 is 37.9 Å². The van der Waals surface area contributed by atoms with E-state index in [0.717, 1.165) is 6.92 Å². The summed E-state index contributed by atoms with van der Waals surface area (Å²) in [5.74, 6) is -5.76. The number of carboxylic acids is 2. The third-order valence-electron chi connectivity index (χ3n) is 1.54. The van der Waals surface area contributed by atoms with Crippen LogP contribution in [-0.4, -0.2) is 61.2 Å². The minimum absolute atomic E-state index is 0. The van der Waals surface area contributed by atoms with Crippen LogP contribution in [0.25, 0.3) is 0 Å². The van der Waals surface area contributed by atoms with Crippen molar-refractivity contribution in [3.05, 3.63) is 0 Å². The molecule has 0 saturated heterocycles. The van der Waals surface area contributed by atoms with Crippen molar-refractivity contribution in [3.8, 4) is 0 Å². The van der Waals surface area contributed by atoms with Crippen molar-refractivity contribution in [1.82, 2.24) is 0 Å². The quantitative estimate of drug-likeness (QED) is 0.250. The number of carbonyl (C=O) groups is 4. The van der Waals surface area contributed by atoms with E-state index in [9.17, 15) is 24.3 Å². The molecule has 0 heterocycles. The van der Waals surface area contributed by atoms with Gasteiger partial charge in [0.1, 0.15) is 0 Å². The Morgan fingerprint density at radius 1 is 1.05 bits per heavy atom. The molecule has 0 aliphatic carbocycles. The molecule has 20 heavy (non-hydrogen) atoms. The summed E-state index contributed by atoms with van der Waals surface area (Å²) in [7, 11) is 0. The van der Waals surface area contributed by atoms with Gasteiger partial charge in [0.05, 0.1) is 12.8 Å². The van der Waals surface area contributed by atoms with Crippen LogP contribution in [0.4, 0.5) is 0 Å². The summed E-state index contributed by atoms with van der Waals surface area (Å²) in [6.45, 7) is 0.912. The molecule has 0 aromatic carbocycles. The molecule has 1 atom stereocenters. The normalized spacial score (nSPS) is 10.9. The molecule has 0 fully saturated rings. The van der Waals surface area contributed by atoms with E-state index in [2.05, 4.69) is 4.74 Å². The minimum Gasteiger partial charge on any atom is -1.00 e. The monoisotopic (exact) mass is 312 g/mol. The number of carboxylic acid groups (broad SMARTS) is 2. The summed E-state index contributed by atoms with van der Waals surface area (Å²) in [5, 5.41) is 26.3. The Balaban J connectivity index is -0.000000112. The molecular weight excluding hydrogens is 295 g/mol. The van der Waals surface area contributed by atoms with Crippen LogP contribution in [-0.2, 0) is 23.9 Å². The smallest absolute Gasteiger partial charge is 1.00 e.